The van der Waals surface area contributed by atoms with Crippen molar-refractivity contribution in [1.82, 2.24) is 15.5 Å². The summed E-state index contributed by atoms with van der Waals surface area (Å²) in [5, 5.41) is 6.04. The molecule has 5 heteroatoms. The summed E-state index contributed by atoms with van der Waals surface area (Å²) in [6.45, 7) is 8.09. The van der Waals surface area contributed by atoms with Crippen LogP contribution in [0.25, 0.3) is 0 Å². The molecule has 2 N–H and O–H groups in total. The molecule has 0 bridgehead atoms. The first kappa shape index (κ1) is 13.4. The zero-order valence-electron chi connectivity index (χ0n) is 10.5. The van der Waals surface area contributed by atoms with Gasteiger partial charge in [-0.15, -0.1) is 0 Å². The molecule has 0 aromatic heterocycles. The van der Waals surface area contributed by atoms with Crippen LogP contribution in [-0.2, 0) is 9.53 Å². The summed E-state index contributed by atoms with van der Waals surface area (Å²) in [7, 11) is 1.67. The van der Waals surface area contributed by atoms with E-state index >= 15 is 0 Å². The Morgan fingerprint density at radius 2 is 2.31 bits per heavy atom. The van der Waals surface area contributed by atoms with Crippen molar-refractivity contribution in [1.29, 1.82) is 0 Å². The fraction of sp³-hybridized carbons (Fsp3) is 0.909. The molecule has 1 aliphatic heterocycles. The van der Waals surface area contributed by atoms with E-state index in [1.807, 2.05) is 0 Å². The molecule has 5 nitrogen and oxygen atoms in total. The van der Waals surface area contributed by atoms with Crippen LogP contribution in [0, 0.1) is 0 Å². The van der Waals surface area contributed by atoms with E-state index in [1.165, 1.54) is 0 Å². The van der Waals surface area contributed by atoms with E-state index in [-0.39, 0.29) is 11.9 Å². The van der Waals surface area contributed by atoms with E-state index < -0.39 is 0 Å². The Kier molecular flexibility index (Phi) is 5.73. The van der Waals surface area contributed by atoms with Gasteiger partial charge in [-0.05, 0) is 0 Å². The summed E-state index contributed by atoms with van der Waals surface area (Å²) >= 11 is 0. The first-order valence-corrected chi connectivity index (χ1v) is 5.92. The topological polar surface area (TPSA) is 53.6 Å². The summed E-state index contributed by atoms with van der Waals surface area (Å²) in [6, 6.07) is 0.354. The molecule has 0 spiro atoms. The average molecular weight is 229 g/mol. The molecule has 1 fully saturated rings. The number of carbonyl (C=O) groups excluding carboxylic acids is 1. The number of nitrogens with one attached hydrogen (secondary N) is 2. The van der Waals surface area contributed by atoms with Crippen LogP contribution in [-0.4, -0.2) is 62.8 Å². The lowest BCUT2D eigenvalue weighted by atomic mass is 10.2. The number of rotatable bonds is 5. The third-order valence-corrected chi connectivity index (χ3v) is 2.74. The van der Waals surface area contributed by atoms with Crippen molar-refractivity contribution in [3.05, 3.63) is 0 Å². The minimum absolute atomic E-state index is 0.0456. The Morgan fingerprint density at radius 3 is 2.94 bits per heavy atom. The highest BCUT2D eigenvalue weighted by Gasteiger charge is 2.27. The SMILES string of the molecule is CNC(=O)C1COCCN1CCNC(C)C. The van der Waals surface area contributed by atoms with Crippen LogP contribution >= 0.6 is 0 Å². The number of carbonyl (C=O) groups is 1. The van der Waals surface area contributed by atoms with E-state index in [0.29, 0.717) is 12.6 Å². The predicted molar refractivity (Wildman–Crippen MR) is 63.4 cm³/mol. The maximum absolute atomic E-state index is 11.6. The Labute approximate surface area is 97.5 Å². The lowest BCUT2D eigenvalue weighted by Gasteiger charge is -2.34. The van der Waals surface area contributed by atoms with Gasteiger partial charge in [0.25, 0.3) is 0 Å². The van der Waals surface area contributed by atoms with Crippen LogP contribution in [0.3, 0.4) is 0 Å². The van der Waals surface area contributed by atoms with Crippen LogP contribution in [0.5, 0.6) is 0 Å². The maximum atomic E-state index is 11.6. The second-order valence-electron chi connectivity index (χ2n) is 4.35. The molecule has 1 unspecified atom stereocenters. The van der Waals surface area contributed by atoms with Gasteiger partial charge in [0.05, 0.1) is 13.2 Å². The van der Waals surface area contributed by atoms with Gasteiger partial charge in [-0.25, -0.2) is 0 Å². The molecule has 0 aromatic rings. The molecule has 1 saturated heterocycles. The number of ether oxygens (including phenoxy) is 1. The van der Waals surface area contributed by atoms with Gasteiger partial charge < -0.3 is 15.4 Å². The first-order valence-electron chi connectivity index (χ1n) is 5.92. The van der Waals surface area contributed by atoms with Crippen LogP contribution in [0.1, 0.15) is 13.8 Å². The van der Waals surface area contributed by atoms with Gasteiger partial charge in [-0.2, -0.15) is 0 Å². The largest absolute Gasteiger partial charge is 0.378 e. The standard InChI is InChI=1S/C11H23N3O2/c1-9(2)13-4-5-14-6-7-16-8-10(14)11(15)12-3/h9-10,13H,4-8H2,1-3H3,(H,12,15). The Hall–Kier alpha value is -0.650. The molecule has 16 heavy (non-hydrogen) atoms. The van der Waals surface area contributed by atoms with Gasteiger partial charge in [0.1, 0.15) is 6.04 Å². The quantitative estimate of drug-likeness (QED) is 0.663. The zero-order valence-corrected chi connectivity index (χ0v) is 10.5. The Balaban J connectivity index is 2.38. The molecule has 1 amide bonds. The van der Waals surface area contributed by atoms with Crippen LogP contribution < -0.4 is 10.6 Å². The molecule has 1 heterocycles. The third kappa shape index (κ3) is 4.08. The first-order chi connectivity index (χ1) is 7.65. The molecular weight excluding hydrogens is 206 g/mol. The van der Waals surface area contributed by atoms with E-state index in [0.717, 1.165) is 26.2 Å². The molecule has 0 aromatic carbocycles. The summed E-state index contributed by atoms with van der Waals surface area (Å²) in [5.41, 5.74) is 0. The highest BCUT2D eigenvalue weighted by Crippen LogP contribution is 2.06. The third-order valence-electron chi connectivity index (χ3n) is 2.74. The average Bonchev–Trinajstić information content (AvgIpc) is 2.28. The highest BCUT2D eigenvalue weighted by molar-refractivity contribution is 5.81. The molecule has 0 aliphatic carbocycles. The highest BCUT2D eigenvalue weighted by atomic mass is 16.5. The van der Waals surface area contributed by atoms with Crippen molar-refractivity contribution in [2.75, 3.05) is 39.9 Å². The van der Waals surface area contributed by atoms with E-state index in [9.17, 15) is 4.79 Å². The summed E-state index contributed by atoms with van der Waals surface area (Å²) in [6.07, 6.45) is 0. The van der Waals surface area contributed by atoms with Gasteiger partial charge in [-0.1, -0.05) is 13.8 Å². The fourth-order valence-corrected chi connectivity index (χ4v) is 1.81. The molecule has 0 saturated carbocycles. The molecule has 94 valence electrons. The van der Waals surface area contributed by atoms with Gasteiger partial charge in [-0.3, -0.25) is 9.69 Å². The van der Waals surface area contributed by atoms with Crippen molar-refractivity contribution in [2.45, 2.75) is 25.9 Å². The Bertz CT molecular complexity index is 221. The molecular formula is C11H23N3O2. The number of hydrogen-bond acceptors (Lipinski definition) is 4. The van der Waals surface area contributed by atoms with Crippen molar-refractivity contribution in [3.63, 3.8) is 0 Å². The van der Waals surface area contributed by atoms with Crippen LogP contribution in [0.2, 0.25) is 0 Å². The predicted octanol–water partition coefficient (Wildman–Crippen LogP) is -0.569. The van der Waals surface area contributed by atoms with E-state index in [1.54, 1.807) is 7.05 Å². The minimum Gasteiger partial charge on any atom is -0.378 e. The van der Waals surface area contributed by atoms with E-state index in [4.69, 9.17) is 4.74 Å². The van der Waals surface area contributed by atoms with Gasteiger partial charge in [0.15, 0.2) is 0 Å². The normalized spacial score (nSPS) is 22.4. The van der Waals surface area contributed by atoms with Crippen LogP contribution in [0.4, 0.5) is 0 Å². The number of nitrogens with zero attached hydrogens (tertiary/aromatic N) is 1. The van der Waals surface area contributed by atoms with E-state index in [2.05, 4.69) is 29.4 Å². The number of likely N-dealkylation sites (N-methyl/N-ethyl adjacent to an activating group) is 1. The fourth-order valence-electron chi connectivity index (χ4n) is 1.81. The zero-order chi connectivity index (χ0) is 12.0. The van der Waals surface area contributed by atoms with Gasteiger partial charge in [0.2, 0.25) is 5.91 Å². The number of hydrogen-bond donors (Lipinski definition) is 2. The van der Waals surface area contributed by atoms with Crippen LogP contribution in [0.15, 0.2) is 0 Å². The summed E-state index contributed by atoms with van der Waals surface area (Å²) in [4.78, 5) is 13.8. The lowest BCUT2D eigenvalue weighted by molar-refractivity contribution is -0.131. The van der Waals surface area contributed by atoms with Crippen molar-refractivity contribution in [2.24, 2.45) is 0 Å². The number of amides is 1. The van der Waals surface area contributed by atoms with Crippen molar-refractivity contribution in [3.8, 4) is 0 Å². The lowest BCUT2D eigenvalue weighted by Crippen LogP contribution is -2.54. The minimum atomic E-state index is -0.132. The Morgan fingerprint density at radius 1 is 1.56 bits per heavy atom. The van der Waals surface area contributed by atoms with Crippen molar-refractivity contribution >= 4 is 5.91 Å². The second kappa shape index (κ2) is 6.83. The van der Waals surface area contributed by atoms with Gasteiger partial charge >= 0.3 is 0 Å². The summed E-state index contributed by atoms with van der Waals surface area (Å²) < 4.78 is 5.34. The smallest absolute Gasteiger partial charge is 0.239 e. The number of morpholine rings is 1. The maximum Gasteiger partial charge on any atom is 0.239 e. The second-order valence-corrected chi connectivity index (χ2v) is 4.35. The summed E-state index contributed by atoms with van der Waals surface area (Å²) in [5.74, 6) is 0.0456. The molecule has 1 atom stereocenters. The molecule has 1 rings (SSSR count). The van der Waals surface area contributed by atoms with Gasteiger partial charge in [0, 0.05) is 32.7 Å². The van der Waals surface area contributed by atoms with Crippen molar-refractivity contribution < 1.29 is 9.53 Å². The molecule has 1 aliphatic rings. The molecule has 0 radical (unpaired) electrons. The monoisotopic (exact) mass is 229 g/mol.